The van der Waals surface area contributed by atoms with E-state index in [1.54, 1.807) is 0 Å². The van der Waals surface area contributed by atoms with Crippen molar-refractivity contribution in [2.24, 2.45) is 5.92 Å². The Morgan fingerprint density at radius 1 is 1.43 bits per heavy atom. The van der Waals surface area contributed by atoms with Crippen LogP contribution in [0.1, 0.15) is 37.8 Å². The third kappa shape index (κ3) is 6.07. The Labute approximate surface area is 143 Å². The highest BCUT2D eigenvalue weighted by molar-refractivity contribution is 7.99. The van der Waals surface area contributed by atoms with Gasteiger partial charge in [0.15, 0.2) is 0 Å². The third-order valence-corrected chi connectivity index (χ3v) is 5.22. The summed E-state index contributed by atoms with van der Waals surface area (Å²) in [6.45, 7) is 8.74. The van der Waals surface area contributed by atoms with E-state index in [-0.39, 0.29) is 6.03 Å². The number of rotatable bonds is 6. The van der Waals surface area contributed by atoms with Crippen molar-refractivity contribution in [2.75, 3.05) is 25.1 Å². The number of carbonyl (C=O) groups excluding carboxylic acids is 1. The van der Waals surface area contributed by atoms with E-state index in [0.29, 0.717) is 17.7 Å². The van der Waals surface area contributed by atoms with Crippen LogP contribution in [0.15, 0.2) is 18.2 Å². The molecule has 1 aliphatic heterocycles. The predicted molar refractivity (Wildman–Crippen MR) is 98.2 cm³/mol. The number of ether oxygens (including phenoxy) is 1. The number of benzene rings is 1. The number of amides is 2. The van der Waals surface area contributed by atoms with E-state index in [0.717, 1.165) is 43.1 Å². The van der Waals surface area contributed by atoms with E-state index in [1.165, 1.54) is 5.56 Å². The summed E-state index contributed by atoms with van der Waals surface area (Å²) in [6, 6.07) is 5.97. The monoisotopic (exact) mass is 336 g/mol. The Bertz CT molecular complexity index is 514. The summed E-state index contributed by atoms with van der Waals surface area (Å²) in [4.78, 5) is 12.1. The lowest BCUT2D eigenvalue weighted by Crippen LogP contribution is -2.36. The molecular weight excluding hydrogens is 308 g/mol. The molecule has 5 heteroatoms. The fourth-order valence-electron chi connectivity index (χ4n) is 2.60. The molecule has 0 unspecified atom stereocenters. The normalized spacial score (nSPS) is 18.0. The summed E-state index contributed by atoms with van der Waals surface area (Å²) < 4.78 is 5.44. The van der Waals surface area contributed by atoms with Crippen LogP contribution in [0.3, 0.4) is 0 Å². The number of thioether (sulfide) groups is 1. The van der Waals surface area contributed by atoms with Crippen LogP contribution < -0.4 is 10.6 Å². The lowest BCUT2D eigenvalue weighted by molar-refractivity contribution is 0.0559. The minimum Gasteiger partial charge on any atom is -0.381 e. The van der Waals surface area contributed by atoms with E-state index < -0.39 is 0 Å². The van der Waals surface area contributed by atoms with E-state index in [4.69, 9.17) is 4.74 Å². The molecule has 2 rings (SSSR count). The van der Waals surface area contributed by atoms with Gasteiger partial charge in [0, 0.05) is 24.6 Å². The van der Waals surface area contributed by atoms with Gasteiger partial charge in [0.2, 0.25) is 0 Å². The maximum Gasteiger partial charge on any atom is 0.319 e. The Kier molecular flexibility index (Phi) is 7.24. The average molecular weight is 337 g/mol. The van der Waals surface area contributed by atoms with Crippen LogP contribution in [0.5, 0.6) is 0 Å². The third-order valence-electron chi connectivity index (χ3n) is 4.07. The molecule has 1 atom stereocenters. The van der Waals surface area contributed by atoms with Crippen LogP contribution in [-0.4, -0.2) is 31.0 Å². The molecule has 2 N–H and O–H groups in total. The van der Waals surface area contributed by atoms with E-state index in [9.17, 15) is 4.79 Å². The zero-order chi connectivity index (χ0) is 16.7. The molecular formula is C18H28N2O2S. The molecule has 1 fully saturated rings. The highest BCUT2D eigenvalue weighted by Gasteiger charge is 2.15. The Balaban J connectivity index is 1.86. The standard InChI is InChI=1S/C18H28N2O2S/c1-13(2)23-12-16-7-4-8-17(14(16)3)20-18(21)19-10-15-6-5-9-22-11-15/h4,7-8,13,15H,5-6,9-12H2,1-3H3,(H2,19,20,21)/t15-/m0/s1. The summed E-state index contributed by atoms with van der Waals surface area (Å²) in [5.74, 6) is 1.41. The molecule has 128 valence electrons. The fourth-order valence-corrected chi connectivity index (χ4v) is 3.43. The van der Waals surface area contributed by atoms with Crippen molar-refractivity contribution in [1.82, 2.24) is 5.32 Å². The van der Waals surface area contributed by atoms with Crippen molar-refractivity contribution in [1.29, 1.82) is 0 Å². The molecule has 1 aromatic rings. The van der Waals surface area contributed by atoms with Gasteiger partial charge >= 0.3 is 6.03 Å². The van der Waals surface area contributed by atoms with Crippen LogP contribution in [0.4, 0.5) is 10.5 Å². The molecule has 4 nitrogen and oxygen atoms in total. The molecule has 0 radical (unpaired) electrons. The van der Waals surface area contributed by atoms with Crippen molar-refractivity contribution < 1.29 is 9.53 Å². The summed E-state index contributed by atoms with van der Waals surface area (Å²) >= 11 is 1.91. The molecule has 1 heterocycles. The second-order valence-electron chi connectivity index (χ2n) is 6.37. The van der Waals surface area contributed by atoms with Gasteiger partial charge in [0.05, 0.1) is 6.61 Å². The van der Waals surface area contributed by atoms with Gasteiger partial charge in [-0.1, -0.05) is 26.0 Å². The van der Waals surface area contributed by atoms with E-state index in [1.807, 2.05) is 23.9 Å². The molecule has 0 aromatic heterocycles. The molecule has 1 aromatic carbocycles. The zero-order valence-electron chi connectivity index (χ0n) is 14.4. The first kappa shape index (κ1) is 18.1. The van der Waals surface area contributed by atoms with Crippen LogP contribution >= 0.6 is 11.8 Å². The first-order valence-electron chi connectivity index (χ1n) is 8.39. The molecule has 0 aliphatic carbocycles. The lowest BCUT2D eigenvalue weighted by Gasteiger charge is -2.22. The van der Waals surface area contributed by atoms with Crippen molar-refractivity contribution in [3.8, 4) is 0 Å². The van der Waals surface area contributed by atoms with Gasteiger partial charge in [-0.15, -0.1) is 0 Å². The smallest absolute Gasteiger partial charge is 0.319 e. The van der Waals surface area contributed by atoms with Gasteiger partial charge in [-0.3, -0.25) is 0 Å². The Morgan fingerprint density at radius 2 is 2.26 bits per heavy atom. The number of urea groups is 1. The molecule has 0 saturated carbocycles. The average Bonchev–Trinajstić information content (AvgIpc) is 2.54. The molecule has 23 heavy (non-hydrogen) atoms. The summed E-state index contributed by atoms with van der Waals surface area (Å²) in [6.07, 6.45) is 2.21. The molecule has 2 amide bonds. The predicted octanol–water partition coefficient (Wildman–Crippen LogP) is 4.18. The number of nitrogens with one attached hydrogen (secondary N) is 2. The highest BCUT2D eigenvalue weighted by atomic mass is 32.2. The lowest BCUT2D eigenvalue weighted by atomic mass is 10.0. The molecule has 1 saturated heterocycles. The topological polar surface area (TPSA) is 50.4 Å². The Hall–Kier alpha value is -1.20. The van der Waals surface area contributed by atoms with E-state index in [2.05, 4.69) is 37.5 Å². The van der Waals surface area contributed by atoms with Crippen LogP contribution in [0.2, 0.25) is 0 Å². The quantitative estimate of drug-likeness (QED) is 0.819. The first-order valence-corrected chi connectivity index (χ1v) is 9.44. The van der Waals surface area contributed by atoms with Gasteiger partial charge < -0.3 is 15.4 Å². The van der Waals surface area contributed by atoms with E-state index >= 15 is 0 Å². The highest BCUT2D eigenvalue weighted by Crippen LogP contribution is 2.24. The molecule has 1 aliphatic rings. The van der Waals surface area contributed by atoms with Gasteiger partial charge in [0.1, 0.15) is 0 Å². The van der Waals surface area contributed by atoms with Gasteiger partial charge in [0.25, 0.3) is 0 Å². The maximum atomic E-state index is 12.1. The number of hydrogen-bond donors (Lipinski definition) is 2. The minimum absolute atomic E-state index is 0.132. The van der Waals surface area contributed by atoms with Crippen molar-refractivity contribution in [2.45, 2.75) is 44.6 Å². The molecule has 0 bridgehead atoms. The van der Waals surface area contributed by atoms with Crippen molar-refractivity contribution >= 4 is 23.5 Å². The number of anilines is 1. The summed E-state index contributed by atoms with van der Waals surface area (Å²) in [5.41, 5.74) is 3.32. The van der Waals surface area contributed by atoms with Crippen molar-refractivity contribution in [3.05, 3.63) is 29.3 Å². The summed E-state index contributed by atoms with van der Waals surface area (Å²) in [5, 5.41) is 6.54. The molecule has 0 spiro atoms. The first-order chi connectivity index (χ1) is 11.1. The largest absolute Gasteiger partial charge is 0.381 e. The van der Waals surface area contributed by atoms with Crippen LogP contribution in [-0.2, 0) is 10.5 Å². The van der Waals surface area contributed by atoms with Gasteiger partial charge in [-0.25, -0.2) is 4.79 Å². The second kappa shape index (κ2) is 9.18. The summed E-state index contributed by atoms with van der Waals surface area (Å²) in [7, 11) is 0. The second-order valence-corrected chi connectivity index (χ2v) is 7.93. The minimum atomic E-state index is -0.132. The zero-order valence-corrected chi connectivity index (χ0v) is 15.2. The maximum absolute atomic E-state index is 12.1. The fraction of sp³-hybridized carbons (Fsp3) is 0.611. The van der Waals surface area contributed by atoms with Crippen molar-refractivity contribution in [3.63, 3.8) is 0 Å². The van der Waals surface area contributed by atoms with Crippen LogP contribution in [0.25, 0.3) is 0 Å². The Morgan fingerprint density at radius 3 is 2.96 bits per heavy atom. The number of hydrogen-bond acceptors (Lipinski definition) is 3. The SMILES string of the molecule is Cc1c(CSC(C)C)cccc1NC(=O)NC[C@@H]1CCCOC1. The van der Waals surface area contributed by atoms with Gasteiger partial charge in [-0.05, 0) is 48.1 Å². The van der Waals surface area contributed by atoms with Gasteiger partial charge in [-0.2, -0.15) is 11.8 Å². The number of carbonyl (C=O) groups is 1. The van der Waals surface area contributed by atoms with Crippen LogP contribution in [0, 0.1) is 12.8 Å².